The van der Waals surface area contributed by atoms with Gasteiger partial charge in [-0.15, -0.1) is 0 Å². The van der Waals surface area contributed by atoms with E-state index in [4.69, 9.17) is 5.11 Å². The Morgan fingerprint density at radius 1 is 1.38 bits per heavy atom. The summed E-state index contributed by atoms with van der Waals surface area (Å²) in [6.45, 7) is 3.27. The minimum absolute atomic E-state index is 0.00585. The summed E-state index contributed by atoms with van der Waals surface area (Å²) in [5.74, 6) is -1.07. The zero-order chi connectivity index (χ0) is 15.4. The van der Waals surface area contributed by atoms with Gasteiger partial charge >= 0.3 is 5.97 Å². The summed E-state index contributed by atoms with van der Waals surface area (Å²) in [6.07, 6.45) is 1.07. The van der Waals surface area contributed by atoms with Crippen molar-refractivity contribution < 1.29 is 14.7 Å². The molecule has 0 atom stereocenters. The third kappa shape index (κ3) is 4.20. The lowest BCUT2D eigenvalue weighted by molar-refractivity contribution is -0.145. The highest BCUT2D eigenvalue weighted by Crippen LogP contribution is 2.23. The first-order valence-electron chi connectivity index (χ1n) is 6.98. The Labute approximate surface area is 132 Å². The van der Waals surface area contributed by atoms with Gasteiger partial charge in [-0.3, -0.25) is 9.59 Å². The van der Waals surface area contributed by atoms with Gasteiger partial charge in [0.2, 0.25) is 5.91 Å². The van der Waals surface area contributed by atoms with E-state index >= 15 is 0 Å². The molecule has 5 nitrogen and oxygen atoms in total. The molecule has 0 bridgehead atoms. The third-order valence-corrected chi connectivity index (χ3v) is 4.41. The van der Waals surface area contributed by atoms with Gasteiger partial charge in [0.25, 0.3) is 0 Å². The summed E-state index contributed by atoms with van der Waals surface area (Å²) >= 11 is 3.46. The van der Waals surface area contributed by atoms with Crippen molar-refractivity contribution in [2.24, 2.45) is 5.92 Å². The molecule has 1 heterocycles. The normalized spacial score (nSPS) is 15.8. The minimum Gasteiger partial charge on any atom is -0.481 e. The van der Waals surface area contributed by atoms with Crippen LogP contribution in [-0.2, 0) is 9.59 Å². The molecule has 2 rings (SSSR count). The molecule has 2 N–H and O–H groups in total. The van der Waals surface area contributed by atoms with Gasteiger partial charge in [0.1, 0.15) is 0 Å². The van der Waals surface area contributed by atoms with Gasteiger partial charge in [-0.2, -0.15) is 0 Å². The molecule has 6 heteroatoms. The predicted octanol–water partition coefficient (Wildman–Crippen LogP) is 2.49. The Hall–Kier alpha value is -1.56. The molecule has 0 saturated carbocycles. The number of nitrogens with one attached hydrogen (secondary N) is 1. The van der Waals surface area contributed by atoms with Crippen LogP contribution in [0.25, 0.3) is 0 Å². The third-order valence-electron chi connectivity index (χ3n) is 3.75. The number of carboxylic acid groups (broad SMARTS) is 1. The fourth-order valence-electron chi connectivity index (χ4n) is 2.42. The van der Waals surface area contributed by atoms with Gasteiger partial charge in [0.15, 0.2) is 0 Å². The van der Waals surface area contributed by atoms with Crippen LogP contribution in [0.1, 0.15) is 18.4 Å². The van der Waals surface area contributed by atoms with E-state index in [0.717, 1.165) is 15.7 Å². The van der Waals surface area contributed by atoms with Crippen LogP contribution in [0.3, 0.4) is 0 Å². The number of carbonyl (C=O) groups excluding carboxylic acids is 1. The van der Waals surface area contributed by atoms with Gasteiger partial charge < -0.3 is 15.3 Å². The first kappa shape index (κ1) is 15.8. The SMILES string of the molecule is Cc1ccc(NCC(=O)N2CCC(C(=O)O)CC2)c(Br)c1. The van der Waals surface area contributed by atoms with Crippen LogP contribution >= 0.6 is 15.9 Å². The lowest BCUT2D eigenvalue weighted by Gasteiger charge is -2.30. The smallest absolute Gasteiger partial charge is 0.306 e. The highest BCUT2D eigenvalue weighted by atomic mass is 79.9. The van der Waals surface area contributed by atoms with Crippen molar-refractivity contribution in [2.45, 2.75) is 19.8 Å². The molecule has 0 spiro atoms. The molecule has 114 valence electrons. The molecular weight excluding hydrogens is 336 g/mol. The van der Waals surface area contributed by atoms with E-state index in [1.807, 2.05) is 25.1 Å². The number of piperidine rings is 1. The van der Waals surface area contributed by atoms with Gasteiger partial charge in [-0.1, -0.05) is 6.07 Å². The van der Waals surface area contributed by atoms with Crippen LogP contribution in [0.15, 0.2) is 22.7 Å². The molecule has 1 aromatic carbocycles. The largest absolute Gasteiger partial charge is 0.481 e. The van der Waals surface area contributed by atoms with E-state index < -0.39 is 5.97 Å². The lowest BCUT2D eigenvalue weighted by atomic mass is 9.97. The molecule has 21 heavy (non-hydrogen) atoms. The van der Waals surface area contributed by atoms with E-state index in [1.54, 1.807) is 4.90 Å². The van der Waals surface area contributed by atoms with Gasteiger partial charge in [0.05, 0.1) is 12.5 Å². The number of hydrogen-bond acceptors (Lipinski definition) is 3. The van der Waals surface area contributed by atoms with E-state index in [2.05, 4.69) is 21.2 Å². The van der Waals surface area contributed by atoms with Crippen LogP contribution < -0.4 is 5.32 Å². The summed E-state index contributed by atoms with van der Waals surface area (Å²) < 4.78 is 0.930. The van der Waals surface area contributed by atoms with Crippen LogP contribution in [0.5, 0.6) is 0 Å². The molecular formula is C15H19BrN2O3. The maximum absolute atomic E-state index is 12.1. The summed E-state index contributed by atoms with van der Waals surface area (Å²) in [7, 11) is 0. The quantitative estimate of drug-likeness (QED) is 0.871. The Bertz CT molecular complexity index is 540. The average molecular weight is 355 g/mol. The average Bonchev–Trinajstić information content (AvgIpc) is 2.46. The number of aliphatic carboxylic acids is 1. The zero-order valence-corrected chi connectivity index (χ0v) is 13.5. The van der Waals surface area contributed by atoms with E-state index in [0.29, 0.717) is 25.9 Å². The summed E-state index contributed by atoms with van der Waals surface area (Å²) in [4.78, 5) is 24.7. The van der Waals surface area contributed by atoms with Crippen LogP contribution in [0.2, 0.25) is 0 Å². The monoisotopic (exact) mass is 354 g/mol. The molecule has 1 aliphatic heterocycles. The fraction of sp³-hybridized carbons (Fsp3) is 0.467. The number of benzene rings is 1. The van der Waals surface area contributed by atoms with Crippen LogP contribution in [-0.4, -0.2) is 41.5 Å². The number of carbonyl (C=O) groups is 2. The molecule has 0 aliphatic carbocycles. The second-order valence-corrected chi connectivity index (χ2v) is 6.18. The molecule has 0 radical (unpaired) electrons. The Kier molecular flexibility index (Phi) is 5.22. The maximum Gasteiger partial charge on any atom is 0.306 e. The first-order valence-corrected chi connectivity index (χ1v) is 7.77. The number of halogens is 1. The second kappa shape index (κ2) is 6.93. The van der Waals surface area contributed by atoms with Crippen molar-refractivity contribution in [3.8, 4) is 0 Å². The van der Waals surface area contributed by atoms with E-state index in [-0.39, 0.29) is 18.4 Å². The zero-order valence-electron chi connectivity index (χ0n) is 11.9. The number of nitrogens with zero attached hydrogens (tertiary/aromatic N) is 1. The minimum atomic E-state index is -0.760. The van der Waals surface area contributed by atoms with Gasteiger partial charge in [0, 0.05) is 23.2 Å². The number of hydrogen-bond donors (Lipinski definition) is 2. The lowest BCUT2D eigenvalue weighted by Crippen LogP contribution is -2.42. The molecule has 0 aromatic heterocycles. The van der Waals surface area contributed by atoms with E-state index in [1.165, 1.54) is 0 Å². The molecule has 1 fully saturated rings. The van der Waals surface area contributed by atoms with Crippen molar-refractivity contribution in [1.82, 2.24) is 4.90 Å². The van der Waals surface area contributed by atoms with Gasteiger partial charge in [-0.05, 0) is 53.4 Å². The Morgan fingerprint density at radius 2 is 2.05 bits per heavy atom. The molecule has 1 amide bonds. The number of aryl methyl sites for hydroxylation is 1. The van der Waals surface area contributed by atoms with Crippen molar-refractivity contribution in [3.63, 3.8) is 0 Å². The molecule has 1 saturated heterocycles. The second-order valence-electron chi connectivity index (χ2n) is 5.33. The van der Waals surface area contributed by atoms with Crippen molar-refractivity contribution in [1.29, 1.82) is 0 Å². The van der Waals surface area contributed by atoms with Gasteiger partial charge in [-0.25, -0.2) is 0 Å². The fourth-order valence-corrected chi connectivity index (χ4v) is 3.06. The molecule has 1 aliphatic rings. The highest BCUT2D eigenvalue weighted by molar-refractivity contribution is 9.10. The predicted molar refractivity (Wildman–Crippen MR) is 84.3 cm³/mol. The summed E-state index contributed by atoms with van der Waals surface area (Å²) in [5.41, 5.74) is 2.03. The molecule has 0 unspecified atom stereocenters. The number of rotatable bonds is 4. The van der Waals surface area contributed by atoms with Crippen molar-refractivity contribution >= 4 is 33.5 Å². The first-order chi connectivity index (χ1) is 9.97. The number of anilines is 1. The maximum atomic E-state index is 12.1. The Morgan fingerprint density at radius 3 is 2.62 bits per heavy atom. The van der Waals surface area contributed by atoms with E-state index in [9.17, 15) is 9.59 Å². The summed E-state index contributed by atoms with van der Waals surface area (Å²) in [6, 6.07) is 5.91. The Balaban J connectivity index is 1.84. The van der Waals surface area contributed by atoms with Crippen molar-refractivity contribution in [3.05, 3.63) is 28.2 Å². The van der Waals surface area contributed by atoms with Crippen LogP contribution in [0, 0.1) is 12.8 Å². The number of likely N-dealkylation sites (tertiary alicyclic amines) is 1. The number of carboxylic acids is 1. The van der Waals surface area contributed by atoms with Crippen molar-refractivity contribution in [2.75, 3.05) is 25.0 Å². The van der Waals surface area contributed by atoms with Crippen LogP contribution in [0.4, 0.5) is 5.69 Å². The standard InChI is InChI=1S/C15H19BrN2O3/c1-10-2-3-13(12(16)8-10)17-9-14(19)18-6-4-11(5-7-18)15(20)21/h2-3,8,11,17H,4-7,9H2,1H3,(H,20,21). The molecule has 1 aromatic rings. The topological polar surface area (TPSA) is 69.6 Å². The number of amides is 1. The summed E-state index contributed by atoms with van der Waals surface area (Å²) in [5, 5.41) is 12.1. The highest BCUT2D eigenvalue weighted by Gasteiger charge is 2.26.